The molecule has 2 aromatic rings. The molecule has 0 saturated carbocycles. The van der Waals surface area contributed by atoms with E-state index >= 15 is 0 Å². The molecule has 1 aromatic heterocycles. The summed E-state index contributed by atoms with van der Waals surface area (Å²) >= 11 is 0. The average molecular weight is 332 g/mol. The summed E-state index contributed by atoms with van der Waals surface area (Å²) in [5.74, 6) is 0.527. The van der Waals surface area contributed by atoms with E-state index in [1.165, 1.54) is 6.33 Å². The van der Waals surface area contributed by atoms with Crippen LogP contribution in [0.2, 0.25) is 0 Å². The van der Waals surface area contributed by atoms with Crippen LogP contribution in [0, 0.1) is 10.1 Å². The first-order valence-electron chi connectivity index (χ1n) is 7.64. The standard InChI is InChI=1S/C16H20N4O4/c1-3-12-5-7-13(8-6-12)24-16-14(20(21)22)15(18-11-19-16)17-9-4-10-23-2/h5-8,11H,3-4,9-10H2,1-2H3,(H,17,18,19). The van der Waals surface area contributed by atoms with Gasteiger partial charge in [0.05, 0.1) is 4.92 Å². The van der Waals surface area contributed by atoms with Crippen LogP contribution in [0.3, 0.4) is 0 Å². The number of aryl methyl sites for hydroxylation is 1. The number of anilines is 1. The van der Waals surface area contributed by atoms with E-state index < -0.39 is 4.92 Å². The highest BCUT2D eigenvalue weighted by Gasteiger charge is 2.24. The van der Waals surface area contributed by atoms with Crippen molar-refractivity contribution in [3.8, 4) is 11.6 Å². The van der Waals surface area contributed by atoms with E-state index in [-0.39, 0.29) is 17.4 Å². The number of methoxy groups -OCH3 is 1. The molecular formula is C16H20N4O4. The summed E-state index contributed by atoms with van der Waals surface area (Å²) in [5, 5.41) is 14.3. The summed E-state index contributed by atoms with van der Waals surface area (Å²) in [4.78, 5) is 18.7. The highest BCUT2D eigenvalue weighted by Crippen LogP contribution is 2.33. The molecule has 0 saturated heterocycles. The lowest BCUT2D eigenvalue weighted by molar-refractivity contribution is -0.385. The highest BCUT2D eigenvalue weighted by atomic mass is 16.6. The Bertz CT molecular complexity index is 676. The molecule has 0 fully saturated rings. The number of ether oxygens (including phenoxy) is 2. The Morgan fingerprint density at radius 2 is 2.00 bits per heavy atom. The SMILES string of the molecule is CCc1ccc(Oc2ncnc(NCCCOC)c2[N+](=O)[O-])cc1. The summed E-state index contributed by atoms with van der Waals surface area (Å²) in [6.45, 7) is 3.10. The zero-order valence-corrected chi connectivity index (χ0v) is 13.7. The van der Waals surface area contributed by atoms with Gasteiger partial charge in [0.25, 0.3) is 0 Å². The molecule has 0 aliphatic heterocycles. The third kappa shape index (κ3) is 4.63. The van der Waals surface area contributed by atoms with E-state index in [9.17, 15) is 10.1 Å². The lowest BCUT2D eigenvalue weighted by atomic mass is 10.2. The number of hydrogen-bond acceptors (Lipinski definition) is 7. The zero-order valence-electron chi connectivity index (χ0n) is 13.7. The van der Waals surface area contributed by atoms with Gasteiger partial charge in [-0.25, -0.2) is 4.98 Å². The molecule has 0 atom stereocenters. The molecule has 2 rings (SSSR count). The monoisotopic (exact) mass is 332 g/mol. The molecule has 0 aliphatic carbocycles. The molecule has 8 heteroatoms. The predicted molar refractivity (Wildman–Crippen MR) is 89.6 cm³/mol. The third-order valence-corrected chi connectivity index (χ3v) is 3.34. The molecule has 0 amide bonds. The lowest BCUT2D eigenvalue weighted by Gasteiger charge is -2.09. The molecule has 1 heterocycles. The van der Waals surface area contributed by atoms with Crippen LogP contribution in [-0.4, -0.2) is 35.2 Å². The van der Waals surface area contributed by atoms with Crippen molar-refractivity contribution in [3.63, 3.8) is 0 Å². The number of aromatic nitrogens is 2. The molecule has 0 aliphatic rings. The maximum atomic E-state index is 11.4. The fraction of sp³-hybridized carbons (Fsp3) is 0.375. The van der Waals surface area contributed by atoms with Gasteiger partial charge in [0, 0.05) is 20.3 Å². The van der Waals surface area contributed by atoms with Gasteiger partial charge in [-0.15, -0.1) is 0 Å². The summed E-state index contributed by atoms with van der Waals surface area (Å²) in [5.41, 5.74) is 0.870. The maximum absolute atomic E-state index is 11.4. The van der Waals surface area contributed by atoms with Gasteiger partial charge < -0.3 is 14.8 Å². The molecule has 0 radical (unpaired) electrons. The van der Waals surface area contributed by atoms with Crippen molar-refractivity contribution in [2.45, 2.75) is 19.8 Å². The maximum Gasteiger partial charge on any atom is 0.373 e. The quantitative estimate of drug-likeness (QED) is 0.427. The molecule has 1 aromatic carbocycles. The average Bonchev–Trinajstić information content (AvgIpc) is 2.59. The number of rotatable bonds is 9. The molecule has 0 unspecified atom stereocenters. The Morgan fingerprint density at radius 3 is 2.62 bits per heavy atom. The van der Waals surface area contributed by atoms with Crippen LogP contribution < -0.4 is 10.1 Å². The van der Waals surface area contributed by atoms with E-state index in [0.717, 1.165) is 12.0 Å². The van der Waals surface area contributed by atoms with Crippen LogP contribution in [0.4, 0.5) is 11.5 Å². The Morgan fingerprint density at radius 1 is 1.25 bits per heavy atom. The largest absolute Gasteiger partial charge is 0.434 e. The number of nitrogens with zero attached hydrogens (tertiary/aromatic N) is 3. The molecular weight excluding hydrogens is 312 g/mol. The van der Waals surface area contributed by atoms with Crippen molar-refractivity contribution in [1.82, 2.24) is 9.97 Å². The molecule has 24 heavy (non-hydrogen) atoms. The first-order valence-corrected chi connectivity index (χ1v) is 7.64. The van der Waals surface area contributed by atoms with Crippen LogP contribution in [0.1, 0.15) is 18.9 Å². The fourth-order valence-electron chi connectivity index (χ4n) is 2.06. The molecule has 0 bridgehead atoms. The Balaban J connectivity index is 2.20. The van der Waals surface area contributed by atoms with Gasteiger partial charge in [-0.05, 0) is 30.5 Å². The second-order valence-electron chi connectivity index (χ2n) is 5.01. The van der Waals surface area contributed by atoms with Crippen molar-refractivity contribution >= 4 is 11.5 Å². The van der Waals surface area contributed by atoms with Crippen molar-refractivity contribution in [1.29, 1.82) is 0 Å². The fourth-order valence-corrected chi connectivity index (χ4v) is 2.06. The Hall–Kier alpha value is -2.74. The second kappa shape index (κ2) is 8.78. The summed E-state index contributed by atoms with van der Waals surface area (Å²) in [6.07, 6.45) is 2.84. The van der Waals surface area contributed by atoms with Crippen molar-refractivity contribution in [2.75, 3.05) is 25.6 Å². The van der Waals surface area contributed by atoms with Crippen LogP contribution in [-0.2, 0) is 11.2 Å². The normalized spacial score (nSPS) is 10.4. The van der Waals surface area contributed by atoms with Gasteiger partial charge in [-0.2, -0.15) is 4.98 Å². The summed E-state index contributed by atoms with van der Waals surface area (Å²) in [6, 6.07) is 7.34. The first kappa shape index (κ1) is 17.6. The second-order valence-corrected chi connectivity index (χ2v) is 5.01. The predicted octanol–water partition coefficient (Wildman–Crippen LogP) is 3.19. The van der Waals surface area contributed by atoms with Crippen molar-refractivity contribution in [2.24, 2.45) is 0 Å². The van der Waals surface area contributed by atoms with Crippen LogP contribution in [0.25, 0.3) is 0 Å². The first-order chi connectivity index (χ1) is 11.7. The molecule has 8 nitrogen and oxygen atoms in total. The van der Waals surface area contributed by atoms with Gasteiger partial charge in [0.1, 0.15) is 12.1 Å². The highest BCUT2D eigenvalue weighted by molar-refractivity contribution is 5.61. The smallest absolute Gasteiger partial charge is 0.373 e. The minimum Gasteiger partial charge on any atom is -0.434 e. The third-order valence-electron chi connectivity index (χ3n) is 3.34. The summed E-state index contributed by atoms with van der Waals surface area (Å²) < 4.78 is 10.5. The number of hydrogen-bond donors (Lipinski definition) is 1. The van der Waals surface area contributed by atoms with Crippen LogP contribution in [0.15, 0.2) is 30.6 Å². The van der Waals surface area contributed by atoms with E-state index in [0.29, 0.717) is 25.3 Å². The van der Waals surface area contributed by atoms with E-state index in [1.807, 2.05) is 19.1 Å². The molecule has 1 N–H and O–H groups in total. The van der Waals surface area contributed by atoms with Crippen LogP contribution in [0.5, 0.6) is 11.6 Å². The van der Waals surface area contributed by atoms with Gasteiger partial charge in [-0.1, -0.05) is 19.1 Å². The molecule has 0 spiro atoms. The zero-order chi connectivity index (χ0) is 17.4. The van der Waals surface area contributed by atoms with Gasteiger partial charge >= 0.3 is 11.6 Å². The molecule has 128 valence electrons. The topological polar surface area (TPSA) is 99.4 Å². The van der Waals surface area contributed by atoms with Gasteiger partial charge in [0.15, 0.2) is 0 Å². The Labute approximate surface area is 140 Å². The van der Waals surface area contributed by atoms with Crippen LogP contribution >= 0.6 is 0 Å². The van der Waals surface area contributed by atoms with E-state index in [4.69, 9.17) is 9.47 Å². The van der Waals surface area contributed by atoms with E-state index in [1.54, 1.807) is 19.2 Å². The number of nitro groups is 1. The van der Waals surface area contributed by atoms with Gasteiger partial charge in [-0.3, -0.25) is 10.1 Å². The van der Waals surface area contributed by atoms with Crippen molar-refractivity contribution in [3.05, 3.63) is 46.3 Å². The Kier molecular flexibility index (Phi) is 6.44. The number of benzene rings is 1. The van der Waals surface area contributed by atoms with Gasteiger partial charge in [0.2, 0.25) is 5.82 Å². The van der Waals surface area contributed by atoms with E-state index in [2.05, 4.69) is 15.3 Å². The lowest BCUT2D eigenvalue weighted by Crippen LogP contribution is -2.09. The minimum absolute atomic E-state index is 0.0894. The number of nitrogens with one attached hydrogen (secondary N) is 1. The minimum atomic E-state index is -0.547. The van der Waals surface area contributed by atoms with Crippen molar-refractivity contribution < 1.29 is 14.4 Å². The summed E-state index contributed by atoms with van der Waals surface area (Å²) in [7, 11) is 1.60.